The summed E-state index contributed by atoms with van der Waals surface area (Å²) < 4.78 is 15.7. The zero-order valence-corrected chi connectivity index (χ0v) is 22.1. The van der Waals surface area contributed by atoms with Crippen molar-refractivity contribution in [2.24, 2.45) is 0 Å². The molecule has 0 atom stereocenters. The second kappa shape index (κ2) is 15.0. The second-order valence-corrected chi connectivity index (χ2v) is 8.99. The van der Waals surface area contributed by atoms with Crippen molar-refractivity contribution in [2.45, 2.75) is 39.0 Å². The van der Waals surface area contributed by atoms with E-state index in [0.717, 1.165) is 18.4 Å². The Balaban J connectivity index is 1.37. The van der Waals surface area contributed by atoms with Gasteiger partial charge in [0.05, 0.1) is 24.3 Å². The zero-order valence-electron chi connectivity index (χ0n) is 22.1. The van der Waals surface area contributed by atoms with E-state index in [0.29, 0.717) is 29.1 Å². The average molecular weight is 531 g/mol. The third-order valence-corrected chi connectivity index (χ3v) is 5.74. The summed E-state index contributed by atoms with van der Waals surface area (Å²) in [4.78, 5) is 36.5. The lowest BCUT2D eigenvalue weighted by molar-refractivity contribution is -0.128. The normalized spacial score (nSPS) is 10.8. The van der Waals surface area contributed by atoms with Gasteiger partial charge in [0.1, 0.15) is 5.75 Å². The van der Waals surface area contributed by atoms with E-state index in [-0.39, 0.29) is 18.8 Å². The lowest BCUT2D eigenvalue weighted by Crippen LogP contribution is -2.11. The molecule has 0 bridgehead atoms. The molecule has 3 aromatic carbocycles. The SMILES string of the molecule is CCCCCc1ccc(OC(=O)C=Cc2ccc(C(=O)OCCCOC(=O)c3cc(N)cc(N)c3)cc2)cc1. The Morgan fingerprint density at radius 1 is 0.744 bits per heavy atom. The van der Waals surface area contributed by atoms with Gasteiger partial charge in [0.25, 0.3) is 0 Å². The van der Waals surface area contributed by atoms with Crippen LogP contribution in [0.4, 0.5) is 11.4 Å². The maximum absolute atomic E-state index is 12.3. The maximum atomic E-state index is 12.3. The van der Waals surface area contributed by atoms with Gasteiger partial charge in [0.15, 0.2) is 0 Å². The molecule has 8 heteroatoms. The number of hydrogen-bond acceptors (Lipinski definition) is 8. The molecule has 0 saturated carbocycles. The van der Waals surface area contributed by atoms with E-state index in [1.54, 1.807) is 48.5 Å². The van der Waals surface area contributed by atoms with Crippen molar-refractivity contribution in [1.29, 1.82) is 0 Å². The van der Waals surface area contributed by atoms with Crippen LogP contribution in [0.1, 0.15) is 64.4 Å². The minimum Gasteiger partial charge on any atom is -0.462 e. The summed E-state index contributed by atoms with van der Waals surface area (Å²) in [7, 11) is 0. The van der Waals surface area contributed by atoms with Crippen LogP contribution in [0, 0.1) is 0 Å². The summed E-state index contributed by atoms with van der Waals surface area (Å²) in [6.07, 6.45) is 7.82. The van der Waals surface area contributed by atoms with Gasteiger partial charge in [0.2, 0.25) is 0 Å². The first-order valence-corrected chi connectivity index (χ1v) is 12.9. The molecule has 0 heterocycles. The Labute approximate surface area is 228 Å². The first kappa shape index (κ1) is 29.0. The molecule has 0 aliphatic rings. The number of carbonyl (C=O) groups excluding carboxylic acids is 3. The van der Waals surface area contributed by atoms with E-state index in [4.69, 9.17) is 25.7 Å². The summed E-state index contributed by atoms with van der Waals surface area (Å²) in [6, 6.07) is 18.7. The highest BCUT2D eigenvalue weighted by molar-refractivity contribution is 5.92. The highest BCUT2D eigenvalue weighted by Gasteiger charge is 2.10. The molecule has 204 valence electrons. The molecule has 0 aliphatic carbocycles. The van der Waals surface area contributed by atoms with Crippen LogP contribution in [0.25, 0.3) is 6.08 Å². The fourth-order valence-electron chi connectivity index (χ4n) is 3.70. The van der Waals surface area contributed by atoms with E-state index in [2.05, 4.69) is 6.92 Å². The molecule has 3 rings (SSSR count). The average Bonchev–Trinajstić information content (AvgIpc) is 2.92. The maximum Gasteiger partial charge on any atom is 0.338 e. The van der Waals surface area contributed by atoms with Gasteiger partial charge in [-0.3, -0.25) is 0 Å². The molecule has 3 aromatic rings. The van der Waals surface area contributed by atoms with Crippen molar-refractivity contribution < 1.29 is 28.6 Å². The number of esters is 3. The molecule has 0 aromatic heterocycles. The number of nitrogen functional groups attached to an aromatic ring is 2. The molecule has 0 spiro atoms. The molecule has 0 radical (unpaired) electrons. The minimum absolute atomic E-state index is 0.0732. The van der Waals surface area contributed by atoms with Crippen LogP contribution >= 0.6 is 0 Å². The highest BCUT2D eigenvalue weighted by Crippen LogP contribution is 2.16. The number of ether oxygens (including phenoxy) is 3. The van der Waals surface area contributed by atoms with Gasteiger partial charge in [0, 0.05) is 23.9 Å². The van der Waals surface area contributed by atoms with Crippen LogP contribution < -0.4 is 16.2 Å². The third kappa shape index (κ3) is 10.0. The third-order valence-electron chi connectivity index (χ3n) is 5.74. The van der Waals surface area contributed by atoms with Crippen LogP contribution in [0.15, 0.2) is 72.8 Å². The van der Waals surface area contributed by atoms with Gasteiger partial charge in [-0.25, -0.2) is 14.4 Å². The van der Waals surface area contributed by atoms with Gasteiger partial charge in [-0.15, -0.1) is 0 Å². The Hall–Kier alpha value is -4.59. The highest BCUT2D eigenvalue weighted by atomic mass is 16.5. The number of hydrogen-bond donors (Lipinski definition) is 2. The van der Waals surface area contributed by atoms with Crippen molar-refractivity contribution in [3.8, 4) is 5.75 Å². The van der Waals surface area contributed by atoms with Gasteiger partial charge in [-0.05, 0) is 72.5 Å². The summed E-state index contributed by atoms with van der Waals surface area (Å²) in [6.45, 7) is 2.33. The Morgan fingerprint density at radius 2 is 1.36 bits per heavy atom. The van der Waals surface area contributed by atoms with Crippen molar-refractivity contribution in [3.63, 3.8) is 0 Å². The largest absolute Gasteiger partial charge is 0.462 e. The zero-order chi connectivity index (χ0) is 28.0. The van der Waals surface area contributed by atoms with Gasteiger partial charge < -0.3 is 25.7 Å². The number of unbranched alkanes of at least 4 members (excludes halogenated alkanes) is 2. The number of aryl methyl sites for hydroxylation is 1. The Bertz CT molecular complexity index is 1260. The van der Waals surface area contributed by atoms with Gasteiger partial charge in [-0.2, -0.15) is 0 Å². The quantitative estimate of drug-likeness (QED) is 0.0959. The van der Waals surface area contributed by atoms with Crippen LogP contribution in [0.5, 0.6) is 5.75 Å². The summed E-state index contributed by atoms with van der Waals surface area (Å²) in [5, 5.41) is 0. The van der Waals surface area contributed by atoms with E-state index in [1.807, 2.05) is 12.1 Å². The van der Waals surface area contributed by atoms with E-state index < -0.39 is 17.9 Å². The molecular weight excluding hydrogens is 496 g/mol. The fraction of sp³-hybridized carbons (Fsp3) is 0.258. The second-order valence-electron chi connectivity index (χ2n) is 8.99. The lowest BCUT2D eigenvalue weighted by atomic mass is 10.1. The first-order valence-electron chi connectivity index (χ1n) is 12.9. The number of carbonyl (C=O) groups is 3. The topological polar surface area (TPSA) is 131 Å². The molecule has 0 fully saturated rings. The van der Waals surface area contributed by atoms with Gasteiger partial charge in [-0.1, -0.05) is 44.0 Å². The monoisotopic (exact) mass is 530 g/mol. The number of anilines is 2. The molecule has 4 N–H and O–H groups in total. The molecule has 39 heavy (non-hydrogen) atoms. The van der Waals surface area contributed by atoms with E-state index in [1.165, 1.54) is 36.6 Å². The summed E-state index contributed by atoms with van der Waals surface area (Å²) in [5.74, 6) is -1.05. The minimum atomic E-state index is -0.552. The number of nitrogens with two attached hydrogens (primary N) is 2. The summed E-state index contributed by atoms with van der Waals surface area (Å²) >= 11 is 0. The fourth-order valence-corrected chi connectivity index (χ4v) is 3.70. The number of rotatable bonds is 13. The van der Waals surface area contributed by atoms with E-state index >= 15 is 0 Å². The molecule has 0 aliphatic heterocycles. The van der Waals surface area contributed by atoms with Crippen molar-refractivity contribution >= 4 is 35.4 Å². The predicted octanol–water partition coefficient (Wildman–Crippen LogP) is 5.61. The predicted molar refractivity (Wildman–Crippen MR) is 151 cm³/mol. The standard InChI is InChI=1S/C31H34N2O6/c1-2-3-4-6-22-9-14-28(15-10-22)39-29(34)16-11-23-7-12-24(13-8-23)30(35)37-17-5-18-38-31(36)25-19-26(32)21-27(33)20-25/h7-16,19-21H,2-6,17-18,32-33H2,1H3. The van der Waals surface area contributed by atoms with Crippen LogP contribution in [-0.4, -0.2) is 31.1 Å². The molecular formula is C31H34N2O6. The lowest BCUT2D eigenvalue weighted by Gasteiger charge is -2.08. The van der Waals surface area contributed by atoms with Crippen LogP contribution in [0.3, 0.4) is 0 Å². The van der Waals surface area contributed by atoms with E-state index in [9.17, 15) is 14.4 Å². The molecule has 0 unspecified atom stereocenters. The molecule has 0 saturated heterocycles. The number of benzene rings is 3. The van der Waals surface area contributed by atoms with Gasteiger partial charge >= 0.3 is 17.9 Å². The molecule has 8 nitrogen and oxygen atoms in total. The summed E-state index contributed by atoms with van der Waals surface area (Å²) in [5.41, 5.74) is 14.7. The Kier molecular flexibility index (Phi) is 11.1. The van der Waals surface area contributed by atoms with Crippen molar-refractivity contribution in [2.75, 3.05) is 24.7 Å². The van der Waals surface area contributed by atoms with Crippen molar-refractivity contribution in [3.05, 3.63) is 95.1 Å². The smallest absolute Gasteiger partial charge is 0.338 e. The first-order chi connectivity index (χ1) is 18.8. The van der Waals surface area contributed by atoms with Crippen LogP contribution in [-0.2, 0) is 20.7 Å². The Morgan fingerprint density at radius 3 is 1.97 bits per heavy atom. The molecule has 0 amide bonds. The van der Waals surface area contributed by atoms with Crippen LogP contribution in [0.2, 0.25) is 0 Å². The van der Waals surface area contributed by atoms with Crippen molar-refractivity contribution in [1.82, 2.24) is 0 Å².